The van der Waals surface area contributed by atoms with Gasteiger partial charge in [-0.2, -0.15) is 9.50 Å². The fourth-order valence-electron chi connectivity index (χ4n) is 1.30. The van der Waals surface area contributed by atoms with Gasteiger partial charge in [0, 0.05) is 14.0 Å². The molecule has 15 heavy (non-hydrogen) atoms. The average molecular weight is 205 g/mol. The minimum Gasteiger partial charge on any atom is -0.373 e. The van der Waals surface area contributed by atoms with E-state index < -0.39 is 0 Å². The van der Waals surface area contributed by atoms with Crippen LogP contribution in [0, 0.1) is 0 Å². The fraction of sp³-hybridized carbons (Fsp3) is 0.222. The second kappa shape index (κ2) is 3.56. The van der Waals surface area contributed by atoms with Crippen LogP contribution in [0.15, 0.2) is 18.2 Å². The Morgan fingerprint density at radius 1 is 1.47 bits per heavy atom. The summed E-state index contributed by atoms with van der Waals surface area (Å²) >= 11 is 0. The van der Waals surface area contributed by atoms with Gasteiger partial charge in [0.05, 0.1) is 0 Å². The number of pyridine rings is 1. The minimum atomic E-state index is -0.183. The van der Waals surface area contributed by atoms with Crippen molar-refractivity contribution in [3.05, 3.63) is 18.2 Å². The van der Waals surface area contributed by atoms with Gasteiger partial charge in [-0.25, -0.2) is 0 Å². The molecule has 0 spiro atoms. The Labute approximate surface area is 86.3 Å². The number of fused-ring (bicyclic) bond motifs is 1. The molecule has 2 aromatic rings. The van der Waals surface area contributed by atoms with Crippen LogP contribution < -0.4 is 10.6 Å². The Kier molecular flexibility index (Phi) is 2.24. The molecular weight excluding hydrogens is 194 g/mol. The first-order valence-corrected chi connectivity index (χ1v) is 4.52. The van der Waals surface area contributed by atoms with Gasteiger partial charge in [-0.15, -0.1) is 5.10 Å². The number of amides is 1. The topological polar surface area (TPSA) is 71.3 Å². The molecule has 0 saturated heterocycles. The van der Waals surface area contributed by atoms with E-state index in [2.05, 4.69) is 20.7 Å². The first-order chi connectivity index (χ1) is 7.20. The molecule has 2 aromatic heterocycles. The maximum atomic E-state index is 10.8. The molecule has 0 aliphatic rings. The Morgan fingerprint density at radius 3 is 2.93 bits per heavy atom. The molecule has 6 nitrogen and oxygen atoms in total. The highest BCUT2D eigenvalue weighted by atomic mass is 16.1. The van der Waals surface area contributed by atoms with Gasteiger partial charge in [-0.05, 0) is 12.1 Å². The number of carbonyl (C=O) groups excluding carboxylic acids is 1. The Morgan fingerprint density at radius 2 is 2.27 bits per heavy atom. The van der Waals surface area contributed by atoms with E-state index >= 15 is 0 Å². The number of hydrogen-bond donors (Lipinski definition) is 2. The first kappa shape index (κ1) is 9.45. The number of carbonyl (C=O) groups is 1. The van der Waals surface area contributed by atoms with Gasteiger partial charge < -0.3 is 5.32 Å². The van der Waals surface area contributed by atoms with Gasteiger partial charge in [-0.1, -0.05) is 6.07 Å². The maximum absolute atomic E-state index is 10.8. The molecule has 0 aliphatic carbocycles. The number of rotatable bonds is 2. The van der Waals surface area contributed by atoms with E-state index in [1.54, 1.807) is 11.6 Å². The lowest BCUT2D eigenvalue weighted by molar-refractivity contribution is -0.114. The maximum Gasteiger partial charge on any atom is 0.249 e. The molecule has 0 fully saturated rings. The summed E-state index contributed by atoms with van der Waals surface area (Å²) in [6.45, 7) is 1.42. The second-order valence-corrected chi connectivity index (χ2v) is 3.05. The Hall–Kier alpha value is -2.11. The standard InChI is InChI=1S/C9H11N5O/c1-6(15)11-9-12-8-5-3-4-7(10-2)14(8)13-9/h3-5,10H,1-2H3,(H,11,13,15). The van der Waals surface area contributed by atoms with Gasteiger partial charge >= 0.3 is 0 Å². The molecule has 0 aliphatic heterocycles. The summed E-state index contributed by atoms with van der Waals surface area (Å²) in [5.41, 5.74) is 0.686. The van der Waals surface area contributed by atoms with Gasteiger partial charge in [0.1, 0.15) is 5.82 Å². The summed E-state index contributed by atoms with van der Waals surface area (Å²) in [6.07, 6.45) is 0. The van der Waals surface area contributed by atoms with Crippen molar-refractivity contribution >= 4 is 23.3 Å². The van der Waals surface area contributed by atoms with E-state index in [1.165, 1.54) is 6.92 Å². The summed E-state index contributed by atoms with van der Waals surface area (Å²) in [6, 6.07) is 5.56. The molecule has 78 valence electrons. The highest BCUT2D eigenvalue weighted by Crippen LogP contribution is 2.11. The normalized spacial score (nSPS) is 10.3. The van der Waals surface area contributed by atoms with Crippen LogP contribution in [0.25, 0.3) is 5.65 Å². The molecule has 2 heterocycles. The lowest BCUT2D eigenvalue weighted by atomic mass is 10.4. The largest absolute Gasteiger partial charge is 0.373 e. The van der Waals surface area contributed by atoms with Crippen LogP contribution in [0.1, 0.15) is 6.92 Å². The van der Waals surface area contributed by atoms with Gasteiger partial charge in [0.15, 0.2) is 5.65 Å². The zero-order valence-electron chi connectivity index (χ0n) is 8.48. The lowest BCUT2D eigenvalue weighted by Crippen LogP contribution is -2.07. The molecule has 0 aromatic carbocycles. The SMILES string of the molecule is CNc1cccc2nc(NC(C)=O)nn12. The molecule has 0 saturated carbocycles. The molecule has 2 rings (SSSR count). The molecular formula is C9H11N5O. The third kappa shape index (κ3) is 1.74. The third-order valence-electron chi connectivity index (χ3n) is 1.90. The number of hydrogen-bond acceptors (Lipinski definition) is 4. The van der Waals surface area contributed by atoms with Gasteiger partial charge in [-0.3, -0.25) is 10.1 Å². The number of nitrogens with zero attached hydrogens (tertiary/aromatic N) is 3. The van der Waals surface area contributed by atoms with Crippen LogP contribution in [0.4, 0.5) is 11.8 Å². The molecule has 0 unspecified atom stereocenters. The summed E-state index contributed by atoms with van der Waals surface area (Å²) in [4.78, 5) is 15.0. The van der Waals surface area contributed by atoms with E-state index in [1.807, 2.05) is 18.2 Å². The highest BCUT2D eigenvalue weighted by molar-refractivity contribution is 5.86. The molecule has 0 bridgehead atoms. The molecule has 0 radical (unpaired) electrons. The molecule has 6 heteroatoms. The average Bonchev–Trinajstić information content (AvgIpc) is 2.58. The minimum absolute atomic E-state index is 0.183. The highest BCUT2D eigenvalue weighted by Gasteiger charge is 2.06. The van der Waals surface area contributed by atoms with Gasteiger partial charge in [0.25, 0.3) is 0 Å². The van der Waals surface area contributed by atoms with E-state index in [-0.39, 0.29) is 5.91 Å². The summed E-state index contributed by atoms with van der Waals surface area (Å²) in [7, 11) is 1.80. The van der Waals surface area contributed by atoms with Crippen molar-refractivity contribution in [2.45, 2.75) is 6.92 Å². The fourth-order valence-corrected chi connectivity index (χ4v) is 1.30. The van der Waals surface area contributed by atoms with Crippen molar-refractivity contribution in [3.8, 4) is 0 Å². The smallest absolute Gasteiger partial charge is 0.249 e. The van der Waals surface area contributed by atoms with Crippen molar-refractivity contribution in [2.75, 3.05) is 17.7 Å². The summed E-state index contributed by atoms with van der Waals surface area (Å²) in [5.74, 6) is 0.943. The third-order valence-corrected chi connectivity index (χ3v) is 1.90. The van der Waals surface area contributed by atoms with E-state index in [9.17, 15) is 4.79 Å². The first-order valence-electron chi connectivity index (χ1n) is 4.52. The predicted octanol–water partition coefficient (Wildman–Crippen LogP) is 0.729. The van der Waals surface area contributed by atoms with E-state index in [0.717, 1.165) is 5.82 Å². The van der Waals surface area contributed by atoms with Crippen LogP contribution >= 0.6 is 0 Å². The zero-order chi connectivity index (χ0) is 10.8. The van der Waals surface area contributed by atoms with Crippen molar-refractivity contribution in [3.63, 3.8) is 0 Å². The van der Waals surface area contributed by atoms with Gasteiger partial charge in [0.2, 0.25) is 11.9 Å². The van der Waals surface area contributed by atoms with E-state index in [0.29, 0.717) is 11.6 Å². The van der Waals surface area contributed by atoms with E-state index in [4.69, 9.17) is 0 Å². The molecule has 2 N–H and O–H groups in total. The Balaban J connectivity index is 2.50. The van der Waals surface area contributed by atoms with Crippen molar-refractivity contribution in [2.24, 2.45) is 0 Å². The number of nitrogens with one attached hydrogen (secondary N) is 2. The van der Waals surface area contributed by atoms with Crippen LogP contribution in [-0.4, -0.2) is 27.6 Å². The van der Waals surface area contributed by atoms with Crippen LogP contribution in [0.2, 0.25) is 0 Å². The Bertz CT molecular complexity index is 504. The monoisotopic (exact) mass is 205 g/mol. The predicted molar refractivity (Wildman–Crippen MR) is 56.8 cm³/mol. The van der Waals surface area contributed by atoms with Crippen molar-refractivity contribution in [1.29, 1.82) is 0 Å². The van der Waals surface area contributed by atoms with Crippen molar-refractivity contribution in [1.82, 2.24) is 14.6 Å². The quantitative estimate of drug-likeness (QED) is 0.758. The van der Waals surface area contributed by atoms with Crippen LogP contribution in [-0.2, 0) is 4.79 Å². The van der Waals surface area contributed by atoms with Crippen LogP contribution in [0.5, 0.6) is 0 Å². The number of aromatic nitrogens is 3. The summed E-state index contributed by atoms with van der Waals surface area (Å²) < 4.78 is 1.63. The second-order valence-electron chi connectivity index (χ2n) is 3.05. The van der Waals surface area contributed by atoms with Crippen molar-refractivity contribution < 1.29 is 4.79 Å². The molecule has 0 atom stereocenters. The lowest BCUT2D eigenvalue weighted by Gasteiger charge is -2.00. The summed E-state index contributed by atoms with van der Waals surface area (Å²) in [5, 5.41) is 9.65. The molecule has 1 amide bonds. The zero-order valence-corrected chi connectivity index (χ0v) is 8.48. The van der Waals surface area contributed by atoms with Crippen LogP contribution in [0.3, 0.4) is 0 Å². The number of anilines is 2.